The lowest BCUT2D eigenvalue weighted by atomic mass is 10.0. The van der Waals surface area contributed by atoms with Crippen LogP contribution in [0.3, 0.4) is 0 Å². The van der Waals surface area contributed by atoms with Crippen LogP contribution in [0.4, 0.5) is 0 Å². The highest BCUT2D eigenvalue weighted by Crippen LogP contribution is 2.36. The van der Waals surface area contributed by atoms with Crippen LogP contribution < -0.4 is 4.72 Å². The van der Waals surface area contributed by atoms with Gasteiger partial charge < -0.3 is 9.53 Å². The predicted molar refractivity (Wildman–Crippen MR) is 123 cm³/mol. The van der Waals surface area contributed by atoms with E-state index in [0.717, 1.165) is 5.56 Å². The molecule has 0 unspecified atom stereocenters. The molecular weight excluding hydrogens is 402 g/mol. The number of rotatable bonds is 9. The van der Waals surface area contributed by atoms with E-state index >= 15 is 0 Å². The molecule has 0 aliphatic carbocycles. The maximum Gasteiger partial charge on any atom is 0.241 e. The number of hydrogen-bond acceptors (Lipinski definition) is 4. The number of hydrogen-bond donors (Lipinski definition) is 2. The Labute approximate surface area is 179 Å². The first-order valence-corrected chi connectivity index (χ1v) is 14.8. The summed E-state index contributed by atoms with van der Waals surface area (Å²) in [6.45, 7) is 20.4. The van der Waals surface area contributed by atoms with Crippen molar-refractivity contribution in [3.8, 4) is 0 Å². The van der Waals surface area contributed by atoms with E-state index in [9.17, 15) is 13.5 Å². The van der Waals surface area contributed by atoms with Crippen molar-refractivity contribution in [2.45, 2.75) is 97.0 Å². The lowest BCUT2D eigenvalue weighted by molar-refractivity contribution is 0.0861. The van der Waals surface area contributed by atoms with Crippen LogP contribution in [0.25, 0.3) is 0 Å². The van der Waals surface area contributed by atoms with Crippen molar-refractivity contribution < 1.29 is 18.0 Å². The first-order valence-electron chi connectivity index (χ1n) is 10.4. The standard InChI is InChI=1S/C22H41NO4SSi/c1-15(2)11-20(24)19(14-27-29(9,10)22(6,7)8)23-28(25,26)21-17(4)12-16(3)13-18(21)5/h12-13,15,19-20,23-24H,11,14H2,1-10H3/t19-,20+/m1/s1. The average molecular weight is 444 g/mol. The van der Waals surface area contributed by atoms with Crippen LogP contribution >= 0.6 is 0 Å². The van der Waals surface area contributed by atoms with Gasteiger partial charge in [0.1, 0.15) is 0 Å². The SMILES string of the molecule is Cc1cc(C)c(S(=O)(=O)N[C@H](CO[Si](C)(C)C(C)(C)C)[C@@H](O)CC(C)C)c(C)c1. The largest absolute Gasteiger partial charge is 0.415 e. The molecule has 1 aromatic carbocycles. The van der Waals surface area contributed by atoms with Crippen molar-refractivity contribution in [2.24, 2.45) is 5.92 Å². The second-order valence-electron chi connectivity index (χ2n) is 10.2. The zero-order valence-electron chi connectivity index (χ0n) is 19.9. The van der Waals surface area contributed by atoms with E-state index in [4.69, 9.17) is 4.43 Å². The zero-order valence-corrected chi connectivity index (χ0v) is 21.7. The minimum atomic E-state index is -3.80. The van der Waals surface area contributed by atoms with E-state index in [2.05, 4.69) is 38.6 Å². The van der Waals surface area contributed by atoms with Crippen molar-refractivity contribution in [2.75, 3.05) is 6.61 Å². The van der Waals surface area contributed by atoms with Gasteiger partial charge in [-0.25, -0.2) is 13.1 Å². The van der Waals surface area contributed by atoms with Crippen LogP contribution in [0, 0.1) is 26.7 Å². The van der Waals surface area contributed by atoms with Crippen LogP contribution in [0.15, 0.2) is 17.0 Å². The highest BCUT2D eigenvalue weighted by atomic mass is 32.2. The van der Waals surface area contributed by atoms with Crippen LogP contribution in [0.2, 0.25) is 18.1 Å². The highest BCUT2D eigenvalue weighted by Gasteiger charge is 2.39. The van der Waals surface area contributed by atoms with Gasteiger partial charge >= 0.3 is 0 Å². The van der Waals surface area contributed by atoms with E-state index in [0.29, 0.717) is 17.5 Å². The fourth-order valence-corrected chi connectivity index (χ4v) is 5.97. The van der Waals surface area contributed by atoms with E-state index in [1.807, 2.05) is 32.9 Å². The molecule has 5 nitrogen and oxygen atoms in total. The number of aryl methyl sites for hydroxylation is 3. The first kappa shape index (κ1) is 26.3. The van der Waals surface area contributed by atoms with Crippen LogP contribution in [0.1, 0.15) is 57.7 Å². The van der Waals surface area contributed by atoms with E-state index in [1.165, 1.54) is 0 Å². The Morgan fingerprint density at radius 2 is 1.59 bits per heavy atom. The van der Waals surface area contributed by atoms with Gasteiger partial charge in [-0.1, -0.05) is 52.3 Å². The monoisotopic (exact) mass is 443 g/mol. The zero-order chi connectivity index (χ0) is 22.8. The molecule has 0 heterocycles. The third kappa shape index (κ3) is 7.17. The van der Waals surface area contributed by atoms with Gasteiger partial charge in [0.05, 0.1) is 23.6 Å². The normalized spacial score (nSPS) is 15.6. The number of nitrogens with one attached hydrogen (secondary N) is 1. The maximum atomic E-state index is 13.2. The van der Waals surface area contributed by atoms with Crippen molar-refractivity contribution in [1.82, 2.24) is 4.72 Å². The highest BCUT2D eigenvalue weighted by molar-refractivity contribution is 7.89. The fourth-order valence-electron chi connectivity index (χ4n) is 3.23. The molecule has 1 rings (SSSR count). The second kappa shape index (κ2) is 9.60. The van der Waals surface area contributed by atoms with Crippen molar-refractivity contribution >= 4 is 18.3 Å². The summed E-state index contributed by atoms with van der Waals surface area (Å²) in [7, 11) is -5.88. The third-order valence-corrected chi connectivity index (χ3v) is 12.1. The number of sulfonamides is 1. The molecule has 0 aliphatic rings. The van der Waals surface area contributed by atoms with E-state index in [1.54, 1.807) is 13.8 Å². The Kier molecular flexibility index (Phi) is 8.71. The molecule has 0 radical (unpaired) electrons. The first-order chi connectivity index (χ1) is 13.0. The Bertz CT molecular complexity index is 775. The second-order valence-corrected chi connectivity index (χ2v) is 16.7. The maximum absolute atomic E-state index is 13.2. The average Bonchev–Trinajstić information content (AvgIpc) is 2.47. The van der Waals surface area contributed by atoms with Crippen LogP contribution in [0.5, 0.6) is 0 Å². The van der Waals surface area contributed by atoms with Gasteiger partial charge in [0.2, 0.25) is 10.0 Å². The Morgan fingerprint density at radius 1 is 1.10 bits per heavy atom. The summed E-state index contributed by atoms with van der Waals surface area (Å²) in [5.41, 5.74) is 2.44. The smallest absolute Gasteiger partial charge is 0.241 e. The Hall–Kier alpha value is -0.733. The van der Waals surface area contributed by atoms with Gasteiger partial charge in [-0.15, -0.1) is 0 Å². The molecule has 0 aromatic heterocycles. The van der Waals surface area contributed by atoms with Gasteiger partial charge in [-0.05, 0) is 62.4 Å². The molecule has 0 saturated heterocycles. The Balaban J connectivity index is 3.20. The number of aliphatic hydroxyl groups excluding tert-OH is 1. The summed E-state index contributed by atoms with van der Waals surface area (Å²) in [5, 5.41) is 10.8. The van der Waals surface area contributed by atoms with Gasteiger partial charge in [0.15, 0.2) is 8.32 Å². The van der Waals surface area contributed by atoms with Crippen molar-refractivity contribution in [1.29, 1.82) is 0 Å². The third-order valence-electron chi connectivity index (χ3n) is 5.79. The van der Waals surface area contributed by atoms with Crippen molar-refractivity contribution in [3.05, 3.63) is 28.8 Å². The summed E-state index contributed by atoms with van der Waals surface area (Å²) in [6, 6.07) is 3.04. The van der Waals surface area contributed by atoms with Gasteiger partial charge in [0, 0.05) is 0 Å². The van der Waals surface area contributed by atoms with Crippen LogP contribution in [-0.2, 0) is 14.4 Å². The molecule has 0 spiro atoms. The summed E-state index contributed by atoms with van der Waals surface area (Å²) >= 11 is 0. The topological polar surface area (TPSA) is 75.6 Å². The molecule has 0 amide bonds. The summed E-state index contributed by atoms with van der Waals surface area (Å²) in [6.07, 6.45) is -0.319. The summed E-state index contributed by atoms with van der Waals surface area (Å²) in [5.74, 6) is 0.243. The molecule has 0 bridgehead atoms. The fraction of sp³-hybridized carbons (Fsp3) is 0.727. The predicted octanol–water partition coefficient (Wildman–Crippen LogP) is 4.69. The lowest BCUT2D eigenvalue weighted by Crippen LogP contribution is -2.51. The molecule has 0 aliphatic heterocycles. The molecule has 0 fully saturated rings. The minimum Gasteiger partial charge on any atom is -0.415 e. The molecule has 168 valence electrons. The van der Waals surface area contributed by atoms with Gasteiger partial charge in [-0.2, -0.15) is 0 Å². The quantitative estimate of drug-likeness (QED) is 0.543. The van der Waals surface area contributed by atoms with Gasteiger partial charge in [0.25, 0.3) is 0 Å². The van der Waals surface area contributed by atoms with E-state index < -0.39 is 30.5 Å². The molecule has 1 aromatic rings. The lowest BCUT2D eigenvalue weighted by Gasteiger charge is -2.38. The molecule has 7 heteroatoms. The molecule has 29 heavy (non-hydrogen) atoms. The van der Waals surface area contributed by atoms with Crippen LogP contribution in [-0.4, -0.2) is 40.6 Å². The molecule has 2 atom stereocenters. The molecule has 2 N–H and O–H groups in total. The van der Waals surface area contributed by atoms with Gasteiger partial charge in [-0.3, -0.25) is 0 Å². The summed E-state index contributed by atoms with van der Waals surface area (Å²) < 4.78 is 35.5. The number of benzene rings is 1. The van der Waals surface area contributed by atoms with Crippen molar-refractivity contribution in [3.63, 3.8) is 0 Å². The number of aliphatic hydroxyl groups is 1. The Morgan fingerprint density at radius 3 is 2.00 bits per heavy atom. The molecular formula is C22H41NO4SSi. The minimum absolute atomic E-state index is 0.00353. The van der Waals surface area contributed by atoms with E-state index in [-0.39, 0.29) is 22.5 Å². The summed E-state index contributed by atoms with van der Waals surface area (Å²) in [4.78, 5) is 0.289. The molecule has 0 saturated carbocycles.